The van der Waals surface area contributed by atoms with Crippen molar-refractivity contribution in [2.45, 2.75) is 26.8 Å². The standard InChI is InChI=1S/C16H21N3O2/c1-10-13(7-6-8-15(10)21-5)16(20)18-11(2)14-9-17-19(4)12(14)3/h6-9,11H,1-5H3,(H,18,20). The lowest BCUT2D eigenvalue weighted by molar-refractivity contribution is 0.0939. The molecule has 5 nitrogen and oxygen atoms in total. The highest BCUT2D eigenvalue weighted by atomic mass is 16.5. The van der Waals surface area contributed by atoms with Crippen LogP contribution in [0.15, 0.2) is 24.4 Å². The zero-order chi connectivity index (χ0) is 15.6. The molecule has 0 aliphatic carbocycles. The first kappa shape index (κ1) is 15.1. The average molecular weight is 287 g/mol. The molecule has 0 saturated carbocycles. The minimum absolute atomic E-state index is 0.100. The van der Waals surface area contributed by atoms with Crippen molar-refractivity contribution in [3.63, 3.8) is 0 Å². The van der Waals surface area contributed by atoms with E-state index < -0.39 is 0 Å². The number of ether oxygens (including phenoxy) is 1. The van der Waals surface area contributed by atoms with Crippen molar-refractivity contribution in [2.24, 2.45) is 7.05 Å². The average Bonchev–Trinajstić information content (AvgIpc) is 2.79. The van der Waals surface area contributed by atoms with E-state index in [0.717, 1.165) is 16.8 Å². The van der Waals surface area contributed by atoms with E-state index in [1.165, 1.54) is 0 Å². The second-order valence-electron chi connectivity index (χ2n) is 5.14. The molecule has 1 aromatic heterocycles. The van der Waals surface area contributed by atoms with Gasteiger partial charge >= 0.3 is 0 Å². The van der Waals surface area contributed by atoms with Gasteiger partial charge in [0, 0.05) is 29.4 Å². The zero-order valence-corrected chi connectivity index (χ0v) is 13.1. The van der Waals surface area contributed by atoms with Gasteiger partial charge in [-0.3, -0.25) is 9.48 Å². The summed E-state index contributed by atoms with van der Waals surface area (Å²) in [6.07, 6.45) is 1.79. The number of amides is 1. The number of benzene rings is 1. The van der Waals surface area contributed by atoms with Crippen molar-refractivity contribution in [2.75, 3.05) is 7.11 Å². The normalized spacial score (nSPS) is 12.0. The number of aromatic nitrogens is 2. The smallest absolute Gasteiger partial charge is 0.252 e. The topological polar surface area (TPSA) is 56.1 Å². The highest BCUT2D eigenvalue weighted by Gasteiger charge is 2.17. The van der Waals surface area contributed by atoms with Gasteiger partial charge in [0.2, 0.25) is 0 Å². The first-order valence-corrected chi connectivity index (χ1v) is 6.88. The Morgan fingerprint density at radius 3 is 2.67 bits per heavy atom. The molecule has 0 radical (unpaired) electrons. The molecule has 21 heavy (non-hydrogen) atoms. The van der Waals surface area contributed by atoms with Crippen LogP contribution in [-0.2, 0) is 7.05 Å². The molecule has 2 aromatic rings. The van der Waals surface area contributed by atoms with Crippen molar-refractivity contribution < 1.29 is 9.53 Å². The highest BCUT2D eigenvalue weighted by molar-refractivity contribution is 5.96. The minimum Gasteiger partial charge on any atom is -0.496 e. The van der Waals surface area contributed by atoms with Gasteiger partial charge in [0.1, 0.15) is 5.75 Å². The molecule has 1 atom stereocenters. The summed E-state index contributed by atoms with van der Waals surface area (Å²) in [6, 6.07) is 5.37. The molecule has 0 saturated heterocycles. The van der Waals surface area contributed by atoms with E-state index in [2.05, 4.69) is 10.4 Å². The van der Waals surface area contributed by atoms with Crippen LogP contribution in [0.2, 0.25) is 0 Å². The van der Waals surface area contributed by atoms with Crippen LogP contribution in [0, 0.1) is 13.8 Å². The summed E-state index contributed by atoms with van der Waals surface area (Å²) in [4.78, 5) is 12.4. The SMILES string of the molecule is COc1cccc(C(=O)NC(C)c2cnn(C)c2C)c1C. The first-order chi connectivity index (χ1) is 9.95. The minimum atomic E-state index is -0.109. The van der Waals surface area contributed by atoms with E-state index in [9.17, 15) is 4.79 Å². The lowest BCUT2D eigenvalue weighted by Gasteiger charge is -2.16. The number of hydrogen-bond donors (Lipinski definition) is 1. The van der Waals surface area contributed by atoms with Crippen LogP contribution < -0.4 is 10.1 Å². The number of nitrogens with one attached hydrogen (secondary N) is 1. The van der Waals surface area contributed by atoms with Crippen LogP contribution >= 0.6 is 0 Å². The van der Waals surface area contributed by atoms with Gasteiger partial charge < -0.3 is 10.1 Å². The Morgan fingerprint density at radius 1 is 1.38 bits per heavy atom. The van der Waals surface area contributed by atoms with Gasteiger partial charge in [-0.2, -0.15) is 5.10 Å². The van der Waals surface area contributed by atoms with E-state index in [4.69, 9.17) is 4.74 Å². The molecule has 1 heterocycles. The maximum absolute atomic E-state index is 12.4. The van der Waals surface area contributed by atoms with E-state index in [1.807, 2.05) is 40.0 Å². The molecule has 1 unspecified atom stereocenters. The van der Waals surface area contributed by atoms with Gasteiger partial charge in [-0.05, 0) is 32.9 Å². The fourth-order valence-electron chi connectivity index (χ4n) is 2.37. The molecule has 1 aromatic carbocycles. The summed E-state index contributed by atoms with van der Waals surface area (Å²) < 4.78 is 7.05. The number of rotatable bonds is 4. The van der Waals surface area contributed by atoms with E-state index in [0.29, 0.717) is 11.3 Å². The van der Waals surface area contributed by atoms with E-state index in [-0.39, 0.29) is 11.9 Å². The van der Waals surface area contributed by atoms with Crippen LogP contribution in [0.1, 0.15) is 40.1 Å². The molecule has 5 heteroatoms. The maximum Gasteiger partial charge on any atom is 0.252 e. The molecular weight excluding hydrogens is 266 g/mol. The summed E-state index contributed by atoms with van der Waals surface area (Å²) in [6.45, 7) is 5.83. The third kappa shape index (κ3) is 2.91. The Morgan fingerprint density at radius 2 is 2.10 bits per heavy atom. The highest BCUT2D eigenvalue weighted by Crippen LogP contribution is 2.22. The lowest BCUT2D eigenvalue weighted by Crippen LogP contribution is -2.27. The molecule has 0 aliphatic heterocycles. The number of carbonyl (C=O) groups excluding carboxylic acids is 1. The van der Waals surface area contributed by atoms with Crippen molar-refractivity contribution in [3.05, 3.63) is 46.8 Å². The first-order valence-electron chi connectivity index (χ1n) is 6.88. The van der Waals surface area contributed by atoms with Crippen molar-refractivity contribution in [3.8, 4) is 5.75 Å². The summed E-state index contributed by atoms with van der Waals surface area (Å²) in [7, 11) is 3.49. The number of hydrogen-bond acceptors (Lipinski definition) is 3. The quantitative estimate of drug-likeness (QED) is 0.940. The predicted octanol–water partition coefficient (Wildman–Crippen LogP) is 2.54. The number of aryl methyl sites for hydroxylation is 1. The Labute approximate surface area is 124 Å². The van der Waals surface area contributed by atoms with Gasteiger partial charge in [0.25, 0.3) is 5.91 Å². The van der Waals surface area contributed by atoms with E-state index in [1.54, 1.807) is 24.1 Å². The molecular formula is C16H21N3O2. The van der Waals surface area contributed by atoms with Gasteiger partial charge in [-0.1, -0.05) is 6.07 Å². The summed E-state index contributed by atoms with van der Waals surface area (Å²) in [5.41, 5.74) is 3.53. The van der Waals surface area contributed by atoms with Gasteiger partial charge in [-0.15, -0.1) is 0 Å². The van der Waals surface area contributed by atoms with Crippen LogP contribution in [0.4, 0.5) is 0 Å². The lowest BCUT2D eigenvalue weighted by atomic mass is 10.1. The second-order valence-corrected chi connectivity index (χ2v) is 5.14. The van der Waals surface area contributed by atoms with Gasteiger partial charge in [0.05, 0.1) is 19.3 Å². The second kappa shape index (κ2) is 5.99. The maximum atomic E-state index is 12.4. The van der Waals surface area contributed by atoms with Gasteiger partial charge in [0.15, 0.2) is 0 Å². The van der Waals surface area contributed by atoms with Crippen LogP contribution in [0.3, 0.4) is 0 Å². The molecule has 2 rings (SSSR count). The number of nitrogens with zero attached hydrogens (tertiary/aromatic N) is 2. The fraction of sp³-hybridized carbons (Fsp3) is 0.375. The molecule has 0 aliphatic rings. The third-order valence-corrected chi connectivity index (χ3v) is 3.84. The molecule has 0 spiro atoms. The summed E-state index contributed by atoms with van der Waals surface area (Å²) >= 11 is 0. The van der Waals surface area contributed by atoms with Crippen LogP contribution in [0.5, 0.6) is 5.75 Å². The number of methoxy groups -OCH3 is 1. The Kier molecular flexibility index (Phi) is 4.31. The zero-order valence-electron chi connectivity index (χ0n) is 13.1. The van der Waals surface area contributed by atoms with Crippen molar-refractivity contribution >= 4 is 5.91 Å². The molecule has 1 N–H and O–H groups in total. The Bertz CT molecular complexity index is 662. The molecule has 0 fully saturated rings. The predicted molar refractivity (Wildman–Crippen MR) is 81.6 cm³/mol. The largest absolute Gasteiger partial charge is 0.496 e. The van der Waals surface area contributed by atoms with Crippen molar-refractivity contribution in [1.29, 1.82) is 0 Å². The molecule has 1 amide bonds. The van der Waals surface area contributed by atoms with Crippen LogP contribution in [-0.4, -0.2) is 22.8 Å². The monoisotopic (exact) mass is 287 g/mol. The molecule has 0 bridgehead atoms. The third-order valence-electron chi connectivity index (χ3n) is 3.84. The fourth-order valence-corrected chi connectivity index (χ4v) is 2.37. The van der Waals surface area contributed by atoms with Crippen LogP contribution in [0.25, 0.3) is 0 Å². The van der Waals surface area contributed by atoms with Crippen molar-refractivity contribution in [1.82, 2.24) is 15.1 Å². The summed E-state index contributed by atoms with van der Waals surface area (Å²) in [5, 5.41) is 7.22. The Hall–Kier alpha value is -2.30. The number of carbonyl (C=O) groups is 1. The van der Waals surface area contributed by atoms with Gasteiger partial charge in [-0.25, -0.2) is 0 Å². The Balaban J connectivity index is 2.20. The molecule has 112 valence electrons. The van der Waals surface area contributed by atoms with E-state index >= 15 is 0 Å². The summed E-state index contributed by atoms with van der Waals surface area (Å²) in [5.74, 6) is 0.606.